The highest BCUT2D eigenvalue weighted by molar-refractivity contribution is 14.0. The number of hydrogen-bond donors (Lipinski definition) is 2. The third-order valence-electron chi connectivity index (χ3n) is 4.98. The number of halogens is 2. The number of nitrogens with zero attached hydrogens (tertiary/aromatic N) is 2. The first-order chi connectivity index (χ1) is 14.5. The van der Waals surface area contributed by atoms with E-state index >= 15 is 0 Å². The van der Waals surface area contributed by atoms with Gasteiger partial charge in [0.1, 0.15) is 11.9 Å². The smallest absolute Gasteiger partial charge is 0.222 e. The fourth-order valence-corrected chi connectivity index (χ4v) is 3.49. The molecular formula is C23H30FIN4O2. The summed E-state index contributed by atoms with van der Waals surface area (Å²) in [5.41, 5.74) is 2.01. The minimum Gasteiger partial charge on any atom is -0.367 e. The molecular weight excluding hydrogens is 510 g/mol. The van der Waals surface area contributed by atoms with E-state index in [1.807, 2.05) is 37.3 Å². The van der Waals surface area contributed by atoms with Crippen molar-refractivity contribution in [2.75, 3.05) is 26.7 Å². The quantitative estimate of drug-likeness (QED) is 0.335. The molecule has 31 heavy (non-hydrogen) atoms. The average molecular weight is 540 g/mol. The highest BCUT2D eigenvalue weighted by Crippen LogP contribution is 2.25. The van der Waals surface area contributed by atoms with E-state index < -0.39 is 0 Å². The van der Waals surface area contributed by atoms with Crippen molar-refractivity contribution < 1.29 is 13.9 Å². The van der Waals surface area contributed by atoms with Crippen LogP contribution in [0.2, 0.25) is 0 Å². The summed E-state index contributed by atoms with van der Waals surface area (Å²) >= 11 is 0. The highest BCUT2D eigenvalue weighted by atomic mass is 127. The van der Waals surface area contributed by atoms with E-state index in [4.69, 9.17) is 4.74 Å². The Morgan fingerprint density at radius 1 is 1.13 bits per heavy atom. The van der Waals surface area contributed by atoms with Crippen LogP contribution in [0.3, 0.4) is 0 Å². The SMILES string of the molecule is CN=C(NCCC(=O)NCc1ccccc1)N1CC(C)OC(c2ccc(F)cc2)C1.I. The number of aliphatic imine (C=N–C) groups is 1. The van der Waals surface area contributed by atoms with Crippen LogP contribution < -0.4 is 10.6 Å². The maximum absolute atomic E-state index is 13.2. The molecule has 2 aromatic rings. The Bertz CT molecular complexity index is 848. The summed E-state index contributed by atoms with van der Waals surface area (Å²) in [5, 5.41) is 6.20. The number of carbonyl (C=O) groups excluding carboxylic acids is 1. The zero-order chi connectivity index (χ0) is 21.3. The molecule has 2 atom stereocenters. The predicted octanol–water partition coefficient (Wildman–Crippen LogP) is 3.49. The molecule has 1 fully saturated rings. The Balaban J connectivity index is 0.00000341. The van der Waals surface area contributed by atoms with Crippen LogP contribution in [0.25, 0.3) is 0 Å². The molecule has 1 saturated heterocycles. The van der Waals surface area contributed by atoms with Crippen molar-refractivity contribution in [2.24, 2.45) is 4.99 Å². The summed E-state index contributed by atoms with van der Waals surface area (Å²) in [7, 11) is 1.73. The van der Waals surface area contributed by atoms with Crippen molar-refractivity contribution in [1.82, 2.24) is 15.5 Å². The molecule has 6 nitrogen and oxygen atoms in total. The van der Waals surface area contributed by atoms with Gasteiger partial charge in [0.05, 0.1) is 12.6 Å². The zero-order valence-corrected chi connectivity index (χ0v) is 20.2. The predicted molar refractivity (Wildman–Crippen MR) is 131 cm³/mol. The molecule has 1 aliphatic rings. The minimum absolute atomic E-state index is 0. The van der Waals surface area contributed by atoms with Crippen molar-refractivity contribution in [2.45, 2.75) is 32.1 Å². The van der Waals surface area contributed by atoms with E-state index in [9.17, 15) is 9.18 Å². The Hall–Kier alpha value is -2.20. The van der Waals surface area contributed by atoms with Gasteiger partial charge in [0.2, 0.25) is 5.91 Å². The summed E-state index contributed by atoms with van der Waals surface area (Å²) in [5.74, 6) is 0.456. The first kappa shape index (κ1) is 25.1. The summed E-state index contributed by atoms with van der Waals surface area (Å²) in [6.07, 6.45) is 0.191. The first-order valence-electron chi connectivity index (χ1n) is 10.2. The molecule has 1 heterocycles. The van der Waals surface area contributed by atoms with Gasteiger partial charge in [-0.05, 0) is 30.2 Å². The molecule has 0 aliphatic carbocycles. The van der Waals surface area contributed by atoms with E-state index in [0.717, 1.165) is 17.1 Å². The van der Waals surface area contributed by atoms with Crippen LogP contribution in [0, 0.1) is 5.82 Å². The van der Waals surface area contributed by atoms with Gasteiger partial charge in [0.25, 0.3) is 0 Å². The van der Waals surface area contributed by atoms with Crippen LogP contribution in [-0.2, 0) is 16.1 Å². The molecule has 2 N–H and O–H groups in total. The van der Waals surface area contributed by atoms with E-state index in [1.165, 1.54) is 12.1 Å². The number of carbonyl (C=O) groups is 1. The number of nitrogens with one attached hydrogen (secondary N) is 2. The number of morpholine rings is 1. The van der Waals surface area contributed by atoms with E-state index in [-0.39, 0.29) is 47.9 Å². The molecule has 2 aromatic carbocycles. The Labute approximate surface area is 200 Å². The second kappa shape index (κ2) is 12.6. The van der Waals surface area contributed by atoms with Gasteiger partial charge < -0.3 is 20.3 Å². The number of ether oxygens (including phenoxy) is 1. The lowest BCUT2D eigenvalue weighted by Crippen LogP contribution is -2.51. The zero-order valence-electron chi connectivity index (χ0n) is 17.9. The van der Waals surface area contributed by atoms with Crippen molar-refractivity contribution in [3.63, 3.8) is 0 Å². The van der Waals surface area contributed by atoms with Gasteiger partial charge in [-0.25, -0.2) is 4.39 Å². The number of guanidine groups is 1. The van der Waals surface area contributed by atoms with E-state index in [0.29, 0.717) is 32.6 Å². The Morgan fingerprint density at radius 3 is 2.52 bits per heavy atom. The van der Waals surface area contributed by atoms with Crippen LogP contribution in [0.4, 0.5) is 4.39 Å². The molecule has 0 saturated carbocycles. The highest BCUT2D eigenvalue weighted by Gasteiger charge is 2.28. The minimum atomic E-state index is -0.262. The van der Waals surface area contributed by atoms with Crippen molar-refractivity contribution in [3.05, 3.63) is 71.5 Å². The molecule has 0 bridgehead atoms. The molecule has 1 aliphatic heterocycles. The van der Waals surface area contributed by atoms with Crippen LogP contribution in [0.5, 0.6) is 0 Å². The average Bonchev–Trinajstić information content (AvgIpc) is 2.76. The number of amides is 1. The fourth-order valence-electron chi connectivity index (χ4n) is 3.49. The lowest BCUT2D eigenvalue weighted by atomic mass is 10.1. The normalized spacial score (nSPS) is 18.8. The number of rotatable bonds is 6. The Kier molecular flexibility index (Phi) is 10.2. The van der Waals surface area contributed by atoms with Crippen molar-refractivity contribution in [1.29, 1.82) is 0 Å². The first-order valence-corrected chi connectivity index (χ1v) is 10.2. The number of benzene rings is 2. The summed E-state index contributed by atoms with van der Waals surface area (Å²) in [4.78, 5) is 18.6. The van der Waals surface area contributed by atoms with Crippen LogP contribution in [0.15, 0.2) is 59.6 Å². The molecule has 0 radical (unpaired) electrons. The third kappa shape index (κ3) is 7.77. The topological polar surface area (TPSA) is 66.0 Å². The van der Waals surface area contributed by atoms with Crippen LogP contribution in [0.1, 0.15) is 30.6 Å². The van der Waals surface area contributed by atoms with Crippen molar-refractivity contribution in [3.8, 4) is 0 Å². The monoisotopic (exact) mass is 540 g/mol. The fraction of sp³-hybridized carbons (Fsp3) is 0.391. The van der Waals surface area contributed by atoms with Gasteiger partial charge in [-0.2, -0.15) is 0 Å². The second-order valence-electron chi connectivity index (χ2n) is 7.38. The van der Waals surface area contributed by atoms with E-state index in [2.05, 4.69) is 20.5 Å². The standard InChI is InChI=1S/C23H29FN4O2.HI/c1-17-15-28(16-21(30-17)19-8-10-20(24)11-9-19)23(25-2)26-13-12-22(29)27-14-18-6-4-3-5-7-18;/h3-11,17,21H,12-16H2,1-2H3,(H,25,26)(H,27,29);1H. The van der Waals surface area contributed by atoms with Crippen LogP contribution in [-0.4, -0.2) is 49.6 Å². The molecule has 1 amide bonds. The molecule has 2 unspecified atom stereocenters. The van der Waals surface area contributed by atoms with Crippen LogP contribution >= 0.6 is 24.0 Å². The summed E-state index contributed by atoms with van der Waals surface area (Å²) in [6, 6.07) is 16.2. The molecule has 0 aromatic heterocycles. The van der Waals surface area contributed by atoms with Gasteiger partial charge in [-0.15, -0.1) is 24.0 Å². The van der Waals surface area contributed by atoms with E-state index in [1.54, 1.807) is 19.2 Å². The molecule has 8 heteroatoms. The molecule has 3 rings (SSSR count). The van der Waals surface area contributed by atoms with Gasteiger partial charge >= 0.3 is 0 Å². The summed E-state index contributed by atoms with van der Waals surface area (Å²) in [6.45, 7) is 4.31. The summed E-state index contributed by atoms with van der Waals surface area (Å²) < 4.78 is 19.3. The molecule has 0 spiro atoms. The Morgan fingerprint density at radius 2 is 1.84 bits per heavy atom. The van der Waals surface area contributed by atoms with Crippen molar-refractivity contribution >= 4 is 35.8 Å². The second-order valence-corrected chi connectivity index (χ2v) is 7.38. The van der Waals surface area contributed by atoms with Gasteiger partial charge in [0.15, 0.2) is 5.96 Å². The molecule has 168 valence electrons. The third-order valence-corrected chi connectivity index (χ3v) is 4.98. The van der Waals surface area contributed by atoms with Gasteiger partial charge in [-0.1, -0.05) is 42.5 Å². The lowest BCUT2D eigenvalue weighted by Gasteiger charge is -2.38. The lowest BCUT2D eigenvalue weighted by molar-refractivity contribution is -0.121. The maximum atomic E-state index is 13.2. The number of hydrogen-bond acceptors (Lipinski definition) is 3. The van der Waals surface area contributed by atoms with Gasteiger partial charge in [0, 0.05) is 33.1 Å². The van der Waals surface area contributed by atoms with Gasteiger partial charge in [-0.3, -0.25) is 9.79 Å². The maximum Gasteiger partial charge on any atom is 0.222 e. The largest absolute Gasteiger partial charge is 0.367 e.